The first-order chi connectivity index (χ1) is 8.58. The molecule has 0 bridgehead atoms. The maximum Gasteiger partial charge on any atom is 0.205 e. The largest absolute Gasteiger partial charge is 0.332 e. The highest BCUT2D eigenvalue weighted by atomic mass is 19.1. The molecule has 18 heavy (non-hydrogen) atoms. The van der Waals surface area contributed by atoms with Gasteiger partial charge in [-0.3, -0.25) is 14.6 Å². The van der Waals surface area contributed by atoms with E-state index in [-0.39, 0.29) is 17.8 Å². The third-order valence-electron chi connectivity index (χ3n) is 2.42. The van der Waals surface area contributed by atoms with Gasteiger partial charge in [0.05, 0.1) is 12.6 Å². The first-order valence-corrected chi connectivity index (χ1v) is 5.22. The minimum atomic E-state index is -0.606. The molecule has 0 N–H and O–H groups in total. The second kappa shape index (κ2) is 4.87. The fourth-order valence-electron chi connectivity index (χ4n) is 1.53. The number of ketones is 2. The Morgan fingerprint density at radius 1 is 1.33 bits per heavy atom. The SMILES string of the molecule is Cn1ccnc1C(=O)CC(=O)c1cncc(F)c1. The van der Waals surface area contributed by atoms with Gasteiger partial charge in [-0.05, 0) is 6.07 Å². The van der Waals surface area contributed by atoms with Crippen molar-refractivity contribution in [3.8, 4) is 0 Å². The lowest BCUT2D eigenvalue weighted by Gasteiger charge is -2.01. The zero-order chi connectivity index (χ0) is 13.1. The molecule has 0 fully saturated rings. The van der Waals surface area contributed by atoms with Gasteiger partial charge in [-0.25, -0.2) is 9.37 Å². The van der Waals surface area contributed by atoms with Crippen LogP contribution < -0.4 is 0 Å². The Bertz CT molecular complexity index is 607. The standard InChI is InChI=1S/C12H10FN3O2/c1-16-3-2-15-12(16)11(18)5-10(17)8-4-9(13)7-14-6-8/h2-4,6-7H,5H2,1H3. The first kappa shape index (κ1) is 12.1. The van der Waals surface area contributed by atoms with Crippen LogP contribution in [-0.4, -0.2) is 26.1 Å². The van der Waals surface area contributed by atoms with E-state index >= 15 is 0 Å². The molecule has 2 aromatic heterocycles. The maximum atomic E-state index is 12.9. The van der Waals surface area contributed by atoms with Gasteiger partial charge in [0, 0.05) is 31.2 Å². The van der Waals surface area contributed by atoms with E-state index in [0.717, 1.165) is 12.3 Å². The summed E-state index contributed by atoms with van der Waals surface area (Å²) < 4.78 is 14.4. The molecule has 0 saturated carbocycles. The minimum absolute atomic E-state index is 0.0811. The molecule has 0 aromatic carbocycles. The molecule has 0 amide bonds. The van der Waals surface area contributed by atoms with Crippen LogP contribution in [0.25, 0.3) is 0 Å². The highest BCUT2D eigenvalue weighted by Gasteiger charge is 2.17. The summed E-state index contributed by atoms with van der Waals surface area (Å²) in [4.78, 5) is 30.9. The van der Waals surface area contributed by atoms with Crippen molar-refractivity contribution >= 4 is 11.6 Å². The van der Waals surface area contributed by atoms with E-state index in [2.05, 4.69) is 9.97 Å². The number of pyridine rings is 1. The molecule has 0 aliphatic rings. The summed E-state index contributed by atoms with van der Waals surface area (Å²) in [6, 6.07) is 1.06. The molecule has 0 aliphatic heterocycles. The van der Waals surface area contributed by atoms with Crippen LogP contribution in [0.1, 0.15) is 27.4 Å². The third-order valence-corrected chi connectivity index (χ3v) is 2.42. The summed E-state index contributed by atoms with van der Waals surface area (Å²) in [6.07, 6.45) is 4.97. The molecule has 0 spiro atoms. The molecular weight excluding hydrogens is 237 g/mol. The van der Waals surface area contributed by atoms with Crippen LogP contribution in [-0.2, 0) is 7.05 Å². The topological polar surface area (TPSA) is 64.8 Å². The van der Waals surface area contributed by atoms with Gasteiger partial charge in [-0.2, -0.15) is 0 Å². The number of aryl methyl sites for hydroxylation is 1. The van der Waals surface area contributed by atoms with E-state index in [1.165, 1.54) is 17.0 Å². The number of Topliss-reactive ketones (excluding diaryl/α,β-unsaturated/α-hetero) is 2. The predicted molar refractivity (Wildman–Crippen MR) is 60.7 cm³/mol. The Balaban J connectivity index is 2.13. The highest BCUT2D eigenvalue weighted by Crippen LogP contribution is 2.07. The number of carbonyl (C=O) groups excluding carboxylic acids is 2. The van der Waals surface area contributed by atoms with Gasteiger partial charge >= 0.3 is 0 Å². The first-order valence-electron chi connectivity index (χ1n) is 5.22. The van der Waals surface area contributed by atoms with Crippen LogP contribution >= 0.6 is 0 Å². The number of imidazole rings is 1. The Morgan fingerprint density at radius 3 is 2.72 bits per heavy atom. The number of hydrogen-bond donors (Lipinski definition) is 0. The zero-order valence-electron chi connectivity index (χ0n) is 9.63. The molecular formula is C12H10FN3O2. The molecule has 2 rings (SSSR count). The fraction of sp³-hybridized carbons (Fsp3) is 0.167. The number of rotatable bonds is 4. The molecule has 0 atom stereocenters. The van der Waals surface area contributed by atoms with E-state index in [1.54, 1.807) is 13.2 Å². The molecule has 2 heterocycles. The highest BCUT2D eigenvalue weighted by molar-refractivity contribution is 6.12. The molecule has 0 saturated heterocycles. The van der Waals surface area contributed by atoms with Crippen LogP contribution in [0.4, 0.5) is 4.39 Å². The Morgan fingerprint density at radius 2 is 2.11 bits per heavy atom. The van der Waals surface area contributed by atoms with Gasteiger partial charge < -0.3 is 4.57 Å². The van der Waals surface area contributed by atoms with Gasteiger partial charge in [0.1, 0.15) is 5.82 Å². The fourth-order valence-corrected chi connectivity index (χ4v) is 1.53. The van der Waals surface area contributed by atoms with Gasteiger partial charge in [0.15, 0.2) is 11.6 Å². The lowest BCUT2D eigenvalue weighted by molar-refractivity contribution is 0.0886. The van der Waals surface area contributed by atoms with Crippen molar-refractivity contribution in [3.63, 3.8) is 0 Å². The zero-order valence-corrected chi connectivity index (χ0v) is 9.63. The summed E-state index contributed by atoms with van der Waals surface area (Å²) in [5.41, 5.74) is 0.0811. The van der Waals surface area contributed by atoms with Gasteiger partial charge in [0.25, 0.3) is 0 Å². The summed E-state index contributed by atoms with van der Waals surface area (Å²) in [6.45, 7) is 0. The smallest absolute Gasteiger partial charge is 0.205 e. The summed E-state index contributed by atoms with van der Waals surface area (Å²) in [7, 11) is 1.66. The van der Waals surface area contributed by atoms with Crippen molar-refractivity contribution in [2.45, 2.75) is 6.42 Å². The maximum absolute atomic E-state index is 12.9. The average molecular weight is 247 g/mol. The van der Waals surface area contributed by atoms with Gasteiger partial charge in [0.2, 0.25) is 5.78 Å². The third kappa shape index (κ3) is 2.48. The summed E-state index contributed by atoms with van der Waals surface area (Å²) in [5.74, 6) is -1.29. The lowest BCUT2D eigenvalue weighted by Crippen LogP contribution is -2.13. The van der Waals surface area contributed by atoms with E-state index in [1.807, 2.05) is 0 Å². The van der Waals surface area contributed by atoms with Crippen LogP contribution in [0.2, 0.25) is 0 Å². The number of hydrogen-bond acceptors (Lipinski definition) is 4. The number of aromatic nitrogens is 3. The molecule has 6 heteroatoms. The molecule has 0 radical (unpaired) electrons. The van der Waals surface area contributed by atoms with Crippen molar-refractivity contribution in [3.05, 3.63) is 48.1 Å². The second-order valence-electron chi connectivity index (χ2n) is 3.78. The van der Waals surface area contributed by atoms with Crippen molar-refractivity contribution < 1.29 is 14.0 Å². The van der Waals surface area contributed by atoms with Crippen LogP contribution in [0.15, 0.2) is 30.9 Å². The molecule has 2 aromatic rings. The molecule has 5 nitrogen and oxygen atoms in total. The number of carbonyl (C=O) groups is 2. The van der Waals surface area contributed by atoms with E-state index in [9.17, 15) is 14.0 Å². The van der Waals surface area contributed by atoms with Crippen LogP contribution in [0.3, 0.4) is 0 Å². The number of halogens is 1. The normalized spacial score (nSPS) is 10.3. The van der Waals surface area contributed by atoms with Gasteiger partial charge in [-0.1, -0.05) is 0 Å². The van der Waals surface area contributed by atoms with Crippen LogP contribution in [0.5, 0.6) is 0 Å². The van der Waals surface area contributed by atoms with Crippen molar-refractivity contribution in [2.24, 2.45) is 7.05 Å². The molecule has 0 unspecified atom stereocenters. The van der Waals surface area contributed by atoms with Crippen molar-refractivity contribution in [1.82, 2.24) is 14.5 Å². The summed E-state index contributed by atoms with van der Waals surface area (Å²) in [5, 5.41) is 0. The predicted octanol–water partition coefficient (Wildman–Crippen LogP) is 1.41. The Hall–Kier alpha value is -2.37. The molecule has 92 valence electrons. The van der Waals surface area contributed by atoms with E-state index in [0.29, 0.717) is 0 Å². The molecule has 0 aliphatic carbocycles. The quantitative estimate of drug-likeness (QED) is 0.605. The van der Waals surface area contributed by atoms with Crippen LogP contribution in [0, 0.1) is 5.82 Å². The lowest BCUT2D eigenvalue weighted by atomic mass is 10.1. The second-order valence-corrected chi connectivity index (χ2v) is 3.78. The number of nitrogens with zero attached hydrogens (tertiary/aromatic N) is 3. The Labute approximate surface area is 102 Å². The minimum Gasteiger partial charge on any atom is -0.332 e. The van der Waals surface area contributed by atoms with Gasteiger partial charge in [-0.15, -0.1) is 0 Å². The van der Waals surface area contributed by atoms with E-state index < -0.39 is 17.4 Å². The van der Waals surface area contributed by atoms with Crippen molar-refractivity contribution in [2.75, 3.05) is 0 Å². The average Bonchev–Trinajstić information content (AvgIpc) is 2.75. The van der Waals surface area contributed by atoms with E-state index in [4.69, 9.17) is 0 Å². The monoisotopic (exact) mass is 247 g/mol. The summed E-state index contributed by atoms with van der Waals surface area (Å²) >= 11 is 0. The van der Waals surface area contributed by atoms with Crippen molar-refractivity contribution in [1.29, 1.82) is 0 Å². The Kier molecular flexibility index (Phi) is 3.27.